The number of carbonyl (C=O) groups is 1. The lowest BCUT2D eigenvalue weighted by Crippen LogP contribution is -2.04. The highest BCUT2D eigenvalue weighted by atomic mass is 79.9. The Morgan fingerprint density at radius 2 is 2.13 bits per heavy atom. The van der Waals surface area contributed by atoms with Gasteiger partial charge in [-0.1, -0.05) is 0 Å². The molecule has 1 aromatic carbocycles. The molecule has 0 aliphatic carbocycles. The molecule has 0 spiro atoms. The smallest absolute Gasteiger partial charge is 0.339 e. The van der Waals surface area contributed by atoms with E-state index in [1.807, 2.05) is 6.07 Å². The Morgan fingerprint density at radius 1 is 1.47 bits per heavy atom. The van der Waals surface area contributed by atoms with Gasteiger partial charge in [-0.25, -0.2) is 4.79 Å². The molecule has 78 valence electrons. The lowest BCUT2D eigenvalue weighted by molar-refractivity contribution is 0.0599. The van der Waals surface area contributed by atoms with Crippen LogP contribution in [-0.2, 0) is 4.74 Å². The summed E-state index contributed by atoms with van der Waals surface area (Å²) in [4.78, 5) is 11.4. The number of esters is 1. The highest BCUT2D eigenvalue weighted by Crippen LogP contribution is 2.30. The Morgan fingerprint density at radius 3 is 2.60 bits per heavy atom. The average Bonchev–Trinajstić information content (AvgIpc) is 2.28. The third kappa shape index (κ3) is 2.28. The maximum absolute atomic E-state index is 11.4. The summed E-state index contributed by atoms with van der Waals surface area (Å²) in [5.41, 5.74) is 0.615. The van der Waals surface area contributed by atoms with E-state index < -0.39 is 5.97 Å². The zero-order chi connectivity index (χ0) is 11.4. The van der Waals surface area contributed by atoms with Crippen molar-refractivity contribution in [1.29, 1.82) is 5.26 Å². The second-order valence-corrected chi connectivity index (χ2v) is 3.44. The molecule has 1 rings (SSSR count). The van der Waals surface area contributed by atoms with Crippen molar-refractivity contribution >= 4 is 21.9 Å². The minimum Gasteiger partial charge on any atom is -0.496 e. The summed E-state index contributed by atoms with van der Waals surface area (Å²) in [6.45, 7) is 0. The minimum atomic E-state index is -0.516. The van der Waals surface area contributed by atoms with Crippen molar-refractivity contribution in [3.8, 4) is 11.8 Å². The average molecular weight is 270 g/mol. The summed E-state index contributed by atoms with van der Waals surface area (Å²) in [5, 5.41) is 8.75. The van der Waals surface area contributed by atoms with Crippen molar-refractivity contribution < 1.29 is 14.3 Å². The molecule has 4 nitrogen and oxygen atoms in total. The molecule has 0 aliphatic heterocycles. The van der Waals surface area contributed by atoms with Crippen LogP contribution in [0.4, 0.5) is 0 Å². The molecule has 1 aromatic rings. The zero-order valence-electron chi connectivity index (χ0n) is 8.20. The van der Waals surface area contributed by atoms with Crippen LogP contribution in [0.25, 0.3) is 0 Å². The van der Waals surface area contributed by atoms with Gasteiger partial charge in [-0.15, -0.1) is 0 Å². The second kappa shape index (κ2) is 4.80. The van der Waals surface area contributed by atoms with E-state index in [0.717, 1.165) is 0 Å². The van der Waals surface area contributed by atoms with Gasteiger partial charge < -0.3 is 9.47 Å². The molecular formula is C10H8BrNO3. The Hall–Kier alpha value is -1.54. The Balaban J connectivity index is 3.38. The van der Waals surface area contributed by atoms with Crippen molar-refractivity contribution in [1.82, 2.24) is 0 Å². The van der Waals surface area contributed by atoms with Crippen molar-refractivity contribution in [3.63, 3.8) is 0 Å². The van der Waals surface area contributed by atoms with Crippen LogP contribution in [0, 0.1) is 11.3 Å². The molecule has 0 amide bonds. The molecule has 0 bridgehead atoms. The van der Waals surface area contributed by atoms with Crippen molar-refractivity contribution in [2.45, 2.75) is 0 Å². The number of hydrogen-bond donors (Lipinski definition) is 0. The molecule has 0 atom stereocenters. The number of rotatable bonds is 2. The van der Waals surface area contributed by atoms with Gasteiger partial charge >= 0.3 is 5.97 Å². The highest BCUT2D eigenvalue weighted by Gasteiger charge is 2.15. The monoisotopic (exact) mass is 269 g/mol. The normalized spacial score (nSPS) is 9.20. The SMILES string of the molecule is COC(=O)c1cc(C#N)cc(OC)c1Br. The van der Waals surface area contributed by atoms with Crippen LogP contribution in [-0.4, -0.2) is 20.2 Å². The molecule has 0 aromatic heterocycles. The topological polar surface area (TPSA) is 59.3 Å². The Kier molecular flexibility index (Phi) is 3.69. The van der Waals surface area contributed by atoms with Crippen LogP contribution in [0.1, 0.15) is 15.9 Å². The van der Waals surface area contributed by atoms with Gasteiger partial charge in [0, 0.05) is 0 Å². The molecule has 0 unspecified atom stereocenters. The van der Waals surface area contributed by atoms with Crippen molar-refractivity contribution in [2.75, 3.05) is 14.2 Å². The number of benzene rings is 1. The number of ether oxygens (including phenoxy) is 2. The summed E-state index contributed by atoms with van der Waals surface area (Å²) in [5.74, 6) is -0.0910. The first-order valence-electron chi connectivity index (χ1n) is 4.00. The maximum Gasteiger partial charge on any atom is 0.339 e. The Labute approximate surface area is 95.5 Å². The van der Waals surface area contributed by atoms with Gasteiger partial charge in [-0.2, -0.15) is 5.26 Å². The van der Waals surface area contributed by atoms with E-state index in [9.17, 15) is 4.79 Å². The molecule has 15 heavy (non-hydrogen) atoms. The largest absolute Gasteiger partial charge is 0.496 e. The standard InChI is InChI=1S/C10H8BrNO3/c1-14-8-4-6(5-12)3-7(9(8)11)10(13)15-2/h3-4H,1-2H3. The van der Waals surface area contributed by atoms with Crippen LogP contribution in [0.5, 0.6) is 5.75 Å². The van der Waals surface area contributed by atoms with E-state index in [1.54, 1.807) is 0 Å². The van der Waals surface area contributed by atoms with Gasteiger partial charge in [0.2, 0.25) is 0 Å². The van der Waals surface area contributed by atoms with Crippen LogP contribution in [0.3, 0.4) is 0 Å². The van der Waals surface area contributed by atoms with E-state index in [4.69, 9.17) is 10.00 Å². The molecule has 0 saturated carbocycles. The number of nitriles is 1. The first-order chi connectivity index (χ1) is 7.13. The Bertz CT molecular complexity index is 437. The summed E-state index contributed by atoms with van der Waals surface area (Å²) in [6, 6.07) is 4.92. The molecular weight excluding hydrogens is 262 g/mol. The van der Waals surface area contributed by atoms with Crippen LogP contribution in [0.15, 0.2) is 16.6 Å². The third-order valence-electron chi connectivity index (χ3n) is 1.79. The fraction of sp³-hybridized carbons (Fsp3) is 0.200. The predicted molar refractivity (Wildman–Crippen MR) is 56.7 cm³/mol. The van der Waals surface area contributed by atoms with Gasteiger partial charge in [-0.3, -0.25) is 0 Å². The van der Waals surface area contributed by atoms with Crippen molar-refractivity contribution in [3.05, 3.63) is 27.7 Å². The number of nitrogens with zero attached hydrogens (tertiary/aromatic N) is 1. The molecule has 0 heterocycles. The van der Waals surface area contributed by atoms with Gasteiger partial charge in [0.05, 0.1) is 35.9 Å². The maximum atomic E-state index is 11.4. The lowest BCUT2D eigenvalue weighted by atomic mass is 10.1. The highest BCUT2D eigenvalue weighted by molar-refractivity contribution is 9.10. The quantitative estimate of drug-likeness (QED) is 0.772. The lowest BCUT2D eigenvalue weighted by Gasteiger charge is -2.07. The predicted octanol–water partition coefficient (Wildman–Crippen LogP) is 2.12. The molecule has 0 radical (unpaired) electrons. The number of hydrogen-bond acceptors (Lipinski definition) is 4. The van der Waals surface area contributed by atoms with Crippen LogP contribution < -0.4 is 4.74 Å². The van der Waals surface area contributed by atoms with Crippen LogP contribution in [0.2, 0.25) is 0 Å². The summed E-state index contributed by atoms with van der Waals surface area (Å²) >= 11 is 3.21. The van der Waals surface area contributed by atoms with E-state index in [1.165, 1.54) is 26.4 Å². The zero-order valence-corrected chi connectivity index (χ0v) is 9.79. The van der Waals surface area contributed by atoms with E-state index in [2.05, 4.69) is 20.7 Å². The van der Waals surface area contributed by atoms with E-state index in [0.29, 0.717) is 15.8 Å². The summed E-state index contributed by atoms with van der Waals surface area (Å²) in [6.07, 6.45) is 0. The van der Waals surface area contributed by atoms with Gasteiger partial charge in [0.25, 0.3) is 0 Å². The molecule has 0 aliphatic rings. The minimum absolute atomic E-state index is 0.272. The van der Waals surface area contributed by atoms with E-state index >= 15 is 0 Å². The molecule has 5 heteroatoms. The van der Waals surface area contributed by atoms with Crippen LogP contribution >= 0.6 is 15.9 Å². The van der Waals surface area contributed by atoms with Gasteiger partial charge in [0.15, 0.2) is 0 Å². The number of carbonyl (C=O) groups excluding carboxylic acids is 1. The number of methoxy groups -OCH3 is 2. The summed E-state index contributed by atoms with van der Waals surface area (Å²) < 4.78 is 10.1. The first kappa shape index (κ1) is 11.5. The molecule has 0 saturated heterocycles. The fourth-order valence-corrected chi connectivity index (χ4v) is 1.62. The van der Waals surface area contributed by atoms with Gasteiger partial charge in [-0.05, 0) is 28.1 Å². The fourth-order valence-electron chi connectivity index (χ4n) is 1.07. The van der Waals surface area contributed by atoms with Gasteiger partial charge in [0.1, 0.15) is 5.75 Å². The summed E-state index contributed by atoms with van der Waals surface area (Å²) in [7, 11) is 2.74. The first-order valence-corrected chi connectivity index (χ1v) is 4.79. The molecule has 0 N–H and O–H groups in total. The third-order valence-corrected chi connectivity index (χ3v) is 2.61. The second-order valence-electron chi connectivity index (χ2n) is 2.64. The number of halogens is 1. The van der Waals surface area contributed by atoms with Crippen molar-refractivity contribution in [2.24, 2.45) is 0 Å². The molecule has 0 fully saturated rings. The van der Waals surface area contributed by atoms with E-state index in [-0.39, 0.29) is 5.56 Å².